The Morgan fingerprint density at radius 2 is 1.91 bits per heavy atom. The number of aromatic nitrogens is 2. The zero-order valence-electron chi connectivity index (χ0n) is 13.1. The van der Waals surface area contributed by atoms with E-state index >= 15 is 0 Å². The Kier molecular flexibility index (Phi) is 5.44. The van der Waals surface area contributed by atoms with E-state index in [0.717, 1.165) is 5.56 Å². The van der Waals surface area contributed by atoms with Crippen molar-refractivity contribution in [1.29, 1.82) is 0 Å². The first-order valence-electron chi connectivity index (χ1n) is 7.30. The third-order valence-corrected chi connectivity index (χ3v) is 5.05. The fourth-order valence-corrected chi connectivity index (χ4v) is 2.71. The molecule has 0 aliphatic carbocycles. The van der Waals surface area contributed by atoms with Gasteiger partial charge in [0.05, 0.1) is 17.0 Å². The van der Waals surface area contributed by atoms with Crippen molar-refractivity contribution in [3.63, 3.8) is 0 Å². The van der Waals surface area contributed by atoms with Gasteiger partial charge >= 0.3 is 0 Å². The van der Waals surface area contributed by atoms with Crippen LogP contribution < -0.4 is 5.32 Å². The van der Waals surface area contributed by atoms with Gasteiger partial charge in [0.15, 0.2) is 9.84 Å². The fraction of sp³-hybridized carbons (Fsp3) is 0.312. The number of amides is 1. The van der Waals surface area contributed by atoms with Crippen LogP contribution in [0.2, 0.25) is 0 Å². The Hall–Kier alpha value is -2.28. The van der Waals surface area contributed by atoms with Crippen LogP contribution in [0.1, 0.15) is 23.1 Å². The molecule has 2 aromatic rings. The van der Waals surface area contributed by atoms with E-state index in [-0.39, 0.29) is 24.0 Å². The van der Waals surface area contributed by atoms with Crippen LogP contribution in [0.4, 0.5) is 0 Å². The zero-order chi connectivity index (χ0) is 16.9. The summed E-state index contributed by atoms with van der Waals surface area (Å²) in [5.41, 5.74) is 1.67. The molecule has 1 heterocycles. The van der Waals surface area contributed by atoms with Crippen LogP contribution in [0, 0.1) is 6.92 Å². The van der Waals surface area contributed by atoms with E-state index in [4.69, 9.17) is 0 Å². The predicted molar refractivity (Wildman–Crippen MR) is 88.9 cm³/mol. The van der Waals surface area contributed by atoms with Gasteiger partial charge in [-0.1, -0.05) is 37.3 Å². The van der Waals surface area contributed by atoms with Gasteiger partial charge in [-0.2, -0.15) is 0 Å². The standard InChI is InChI=1S/C16H19N3O3S/c1-3-23(21,22)10-9-17-16(20)14-11-18-12(2)19-15(14)13-7-5-4-6-8-13/h4-8,11H,3,9-10H2,1-2H3,(H,17,20). The second-order valence-electron chi connectivity index (χ2n) is 5.04. The van der Waals surface area contributed by atoms with E-state index in [2.05, 4.69) is 15.3 Å². The third-order valence-electron chi connectivity index (χ3n) is 3.34. The van der Waals surface area contributed by atoms with E-state index in [1.54, 1.807) is 13.8 Å². The average molecular weight is 333 g/mol. The van der Waals surface area contributed by atoms with Gasteiger partial charge in [0.25, 0.3) is 5.91 Å². The number of aryl methyl sites for hydroxylation is 1. The monoisotopic (exact) mass is 333 g/mol. The minimum Gasteiger partial charge on any atom is -0.351 e. The molecular formula is C16H19N3O3S. The summed E-state index contributed by atoms with van der Waals surface area (Å²) < 4.78 is 22.9. The maximum Gasteiger partial charge on any atom is 0.255 e. The van der Waals surface area contributed by atoms with Crippen molar-refractivity contribution in [2.75, 3.05) is 18.1 Å². The molecule has 2 rings (SSSR count). The van der Waals surface area contributed by atoms with Crippen molar-refractivity contribution in [3.8, 4) is 11.3 Å². The van der Waals surface area contributed by atoms with Gasteiger partial charge in [0.2, 0.25) is 0 Å². The molecule has 0 unspecified atom stereocenters. The van der Waals surface area contributed by atoms with Crippen LogP contribution in [0.25, 0.3) is 11.3 Å². The highest BCUT2D eigenvalue weighted by atomic mass is 32.2. The van der Waals surface area contributed by atoms with Crippen LogP contribution in [0.15, 0.2) is 36.5 Å². The Labute approximate surface area is 135 Å². The highest BCUT2D eigenvalue weighted by Crippen LogP contribution is 2.20. The second kappa shape index (κ2) is 7.32. The molecule has 0 bridgehead atoms. The number of hydrogen-bond acceptors (Lipinski definition) is 5. The van der Waals surface area contributed by atoms with Gasteiger partial charge in [-0.3, -0.25) is 4.79 Å². The van der Waals surface area contributed by atoms with E-state index in [0.29, 0.717) is 17.1 Å². The van der Waals surface area contributed by atoms with Crippen molar-refractivity contribution in [1.82, 2.24) is 15.3 Å². The van der Waals surface area contributed by atoms with Gasteiger partial charge in [0, 0.05) is 24.1 Å². The number of rotatable bonds is 6. The van der Waals surface area contributed by atoms with Crippen molar-refractivity contribution < 1.29 is 13.2 Å². The lowest BCUT2D eigenvalue weighted by Gasteiger charge is -2.10. The number of nitrogens with one attached hydrogen (secondary N) is 1. The van der Waals surface area contributed by atoms with Gasteiger partial charge in [-0.15, -0.1) is 0 Å². The van der Waals surface area contributed by atoms with Crippen LogP contribution >= 0.6 is 0 Å². The summed E-state index contributed by atoms with van der Waals surface area (Å²) in [5.74, 6) is 0.165. The van der Waals surface area contributed by atoms with E-state index in [1.165, 1.54) is 6.20 Å². The average Bonchev–Trinajstić information content (AvgIpc) is 2.55. The number of hydrogen-bond donors (Lipinski definition) is 1. The quantitative estimate of drug-likeness (QED) is 0.867. The van der Waals surface area contributed by atoms with E-state index < -0.39 is 9.84 Å². The Bertz CT molecular complexity index is 789. The fourth-order valence-electron chi connectivity index (χ4n) is 2.01. The minimum atomic E-state index is -3.11. The molecule has 1 aromatic carbocycles. The number of carbonyl (C=O) groups is 1. The summed E-state index contributed by atoms with van der Waals surface area (Å²) >= 11 is 0. The van der Waals surface area contributed by atoms with Crippen molar-refractivity contribution in [2.24, 2.45) is 0 Å². The van der Waals surface area contributed by atoms with Gasteiger partial charge < -0.3 is 5.32 Å². The molecule has 1 N–H and O–H groups in total. The summed E-state index contributed by atoms with van der Waals surface area (Å²) in [4.78, 5) is 20.8. The number of benzene rings is 1. The molecule has 0 atom stereocenters. The molecule has 1 aromatic heterocycles. The van der Waals surface area contributed by atoms with Gasteiger partial charge in [0.1, 0.15) is 5.82 Å². The molecule has 0 radical (unpaired) electrons. The maximum absolute atomic E-state index is 12.3. The smallest absolute Gasteiger partial charge is 0.255 e. The third kappa shape index (κ3) is 4.59. The lowest BCUT2D eigenvalue weighted by Crippen LogP contribution is -2.30. The number of carbonyl (C=O) groups excluding carboxylic acids is 1. The first-order chi connectivity index (χ1) is 10.9. The van der Waals surface area contributed by atoms with Gasteiger partial charge in [-0.05, 0) is 6.92 Å². The first-order valence-corrected chi connectivity index (χ1v) is 9.13. The van der Waals surface area contributed by atoms with Crippen LogP contribution in [-0.4, -0.2) is 42.3 Å². The van der Waals surface area contributed by atoms with E-state index in [1.807, 2.05) is 30.3 Å². The molecule has 0 saturated carbocycles. The van der Waals surface area contributed by atoms with Crippen molar-refractivity contribution in [2.45, 2.75) is 13.8 Å². The van der Waals surface area contributed by atoms with E-state index in [9.17, 15) is 13.2 Å². The lowest BCUT2D eigenvalue weighted by atomic mass is 10.1. The summed E-state index contributed by atoms with van der Waals surface area (Å²) in [7, 11) is -3.11. The predicted octanol–water partition coefficient (Wildman–Crippen LogP) is 1.62. The van der Waals surface area contributed by atoms with Crippen LogP contribution in [0.5, 0.6) is 0 Å². The molecule has 7 heteroatoms. The topological polar surface area (TPSA) is 89.0 Å². The molecule has 6 nitrogen and oxygen atoms in total. The molecule has 0 spiro atoms. The number of sulfone groups is 1. The van der Waals surface area contributed by atoms with Crippen molar-refractivity contribution in [3.05, 3.63) is 47.9 Å². The summed E-state index contributed by atoms with van der Waals surface area (Å²) in [6, 6.07) is 9.33. The Morgan fingerprint density at radius 1 is 1.22 bits per heavy atom. The molecule has 0 aliphatic heterocycles. The molecule has 0 saturated heterocycles. The zero-order valence-corrected chi connectivity index (χ0v) is 13.9. The SMILES string of the molecule is CCS(=O)(=O)CCNC(=O)c1cnc(C)nc1-c1ccccc1. The van der Waals surface area contributed by atoms with Crippen molar-refractivity contribution >= 4 is 15.7 Å². The highest BCUT2D eigenvalue weighted by molar-refractivity contribution is 7.91. The largest absolute Gasteiger partial charge is 0.351 e. The number of nitrogens with zero attached hydrogens (tertiary/aromatic N) is 2. The maximum atomic E-state index is 12.3. The molecule has 0 fully saturated rings. The first kappa shape index (κ1) is 17.1. The Morgan fingerprint density at radius 3 is 2.57 bits per heavy atom. The highest BCUT2D eigenvalue weighted by Gasteiger charge is 2.16. The molecular weight excluding hydrogens is 314 g/mol. The minimum absolute atomic E-state index is 0.0613. The van der Waals surface area contributed by atoms with Crippen LogP contribution in [0.3, 0.4) is 0 Å². The molecule has 0 aliphatic rings. The summed E-state index contributed by atoms with van der Waals surface area (Å²) in [5, 5.41) is 2.62. The van der Waals surface area contributed by atoms with Gasteiger partial charge in [-0.25, -0.2) is 18.4 Å². The second-order valence-corrected chi connectivity index (χ2v) is 7.51. The van der Waals surface area contributed by atoms with Crippen LogP contribution in [-0.2, 0) is 9.84 Å². The molecule has 1 amide bonds. The normalized spacial score (nSPS) is 11.2. The molecule has 122 valence electrons. The Balaban J connectivity index is 2.21. The summed E-state index contributed by atoms with van der Waals surface area (Å²) in [6.07, 6.45) is 1.47. The molecule has 23 heavy (non-hydrogen) atoms. The lowest BCUT2D eigenvalue weighted by molar-refractivity contribution is 0.0956. The summed E-state index contributed by atoms with van der Waals surface area (Å²) in [6.45, 7) is 3.40.